The number of benzene rings is 2. The third-order valence-electron chi connectivity index (χ3n) is 4.75. The average Bonchev–Trinajstić information content (AvgIpc) is 2.64. The van der Waals surface area contributed by atoms with Gasteiger partial charge in [0, 0.05) is 30.3 Å². The molecule has 0 aliphatic heterocycles. The Morgan fingerprint density at radius 3 is 2.34 bits per heavy atom. The monoisotopic (exact) mass is 412 g/mol. The van der Waals surface area contributed by atoms with Gasteiger partial charge in [-0.1, -0.05) is 12.1 Å². The number of hydrogen-bond acceptors (Lipinski definition) is 3. The molecular weight excluding hydrogens is 388 g/mol. The molecule has 0 heterocycles. The molecule has 1 N–H and O–H groups in total. The summed E-state index contributed by atoms with van der Waals surface area (Å²) in [5, 5.41) is 10.8. The van der Waals surface area contributed by atoms with Gasteiger partial charge < -0.3 is 14.7 Å². The number of aliphatic imine (C=N–C) groups is 1. The smallest absolute Gasteiger partial charge is 0.425 e. The summed E-state index contributed by atoms with van der Waals surface area (Å²) >= 11 is 0. The highest BCUT2D eigenvalue weighted by atomic mass is 19.4. The highest BCUT2D eigenvalue weighted by Crippen LogP contribution is 2.48. The van der Waals surface area contributed by atoms with Crippen LogP contribution in [0.25, 0.3) is 0 Å². The van der Waals surface area contributed by atoms with Gasteiger partial charge in [-0.05, 0) is 44.5 Å². The molecule has 0 saturated carbocycles. The number of aliphatic hydroxyl groups is 1. The molecule has 2 aromatic carbocycles. The highest BCUT2D eigenvalue weighted by molar-refractivity contribution is 5.66. The van der Waals surface area contributed by atoms with E-state index in [4.69, 9.17) is 4.74 Å². The van der Waals surface area contributed by atoms with Gasteiger partial charge in [0.15, 0.2) is 0 Å². The SMILES string of the molecule is COc1cc(N=CN(C)C(C)C)c(C)cc1C(O)(c1cccc(F)c1)C(F)(F)F. The van der Waals surface area contributed by atoms with Crippen molar-refractivity contribution in [1.29, 1.82) is 0 Å². The van der Waals surface area contributed by atoms with E-state index >= 15 is 0 Å². The van der Waals surface area contributed by atoms with Crippen LogP contribution in [0.2, 0.25) is 0 Å². The van der Waals surface area contributed by atoms with Crippen LogP contribution in [0.1, 0.15) is 30.5 Å². The fraction of sp³-hybridized carbons (Fsp3) is 0.381. The van der Waals surface area contributed by atoms with Gasteiger partial charge >= 0.3 is 6.18 Å². The van der Waals surface area contributed by atoms with E-state index in [1.807, 2.05) is 25.8 Å². The van der Waals surface area contributed by atoms with Gasteiger partial charge in [0.2, 0.25) is 5.60 Å². The fourth-order valence-electron chi connectivity index (χ4n) is 2.74. The first-order chi connectivity index (χ1) is 13.4. The summed E-state index contributed by atoms with van der Waals surface area (Å²) in [4.78, 5) is 6.14. The lowest BCUT2D eigenvalue weighted by Crippen LogP contribution is -2.43. The number of alkyl halides is 3. The Kier molecular flexibility index (Phi) is 6.57. The molecule has 1 unspecified atom stereocenters. The zero-order valence-corrected chi connectivity index (χ0v) is 16.9. The largest absolute Gasteiger partial charge is 0.496 e. The summed E-state index contributed by atoms with van der Waals surface area (Å²) in [5.74, 6) is -1.10. The zero-order chi connectivity index (χ0) is 22.0. The Labute approximate surface area is 167 Å². The summed E-state index contributed by atoms with van der Waals surface area (Å²) in [6.07, 6.45) is -3.56. The van der Waals surface area contributed by atoms with Gasteiger partial charge in [0.1, 0.15) is 11.6 Å². The Balaban J connectivity index is 2.68. The van der Waals surface area contributed by atoms with Crippen molar-refractivity contribution in [3.63, 3.8) is 0 Å². The van der Waals surface area contributed by atoms with Crippen LogP contribution in [0.15, 0.2) is 41.4 Å². The van der Waals surface area contributed by atoms with Crippen LogP contribution in [0.4, 0.5) is 23.2 Å². The van der Waals surface area contributed by atoms with Crippen molar-refractivity contribution in [1.82, 2.24) is 4.90 Å². The maximum Gasteiger partial charge on any atom is 0.425 e. The minimum absolute atomic E-state index is 0.184. The third-order valence-corrected chi connectivity index (χ3v) is 4.75. The standard InChI is InChI=1S/C21H24F4N2O2/c1-13(2)27(4)12-26-18-11-19(29-5)17(9-14(18)3)20(28,21(23,24)25)15-7-6-8-16(22)10-15/h6-13,28H,1-5H3. The third kappa shape index (κ3) is 4.53. The molecule has 4 nitrogen and oxygen atoms in total. The molecule has 0 radical (unpaired) electrons. The topological polar surface area (TPSA) is 45.1 Å². The Hall–Kier alpha value is -2.61. The minimum atomic E-state index is -5.12. The molecule has 0 saturated heterocycles. The van der Waals surface area contributed by atoms with Crippen LogP contribution >= 0.6 is 0 Å². The normalized spacial score (nSPS) is 14.3. The zero-order valence-electron chi connectivity index (χ0n) is 16.9. The molecule has 0 aliphatic carbocycles. The van der Waals surface area contributed by atoms with E-state index in [1.165, 1.54) is 19.2 Å². The number of aryl methyl sites for hydroxylation is 1. The van der Waals surface area contributed by atoms with Crippen molar-refractivity contribution in [3.05, 3.63) is 58.9 Å². The van der Waals surface area contributed by atoms with E-state index in [1.54, 1.807) is 13.3 Å². The Morgan fingerprint density at radius 2 is 1.83 bits per heavy atom. The lowest BCUT2D eigenvalue weighted by Gasteiger charge is -2.33. The molecule has 0 aromatic heterocycles. The van der Waals surface area contributed by atoms with Gasteiger partial charge in [-0.3, -0.25) is 0 Å². The Morgan fingerprint density at radius 1 is 1.17 bits per heavy atom. The molecule has 1 atom stereocenters. The average molecular weight is 412 g/mol. The van der Waals surface area contributed by atoms with Crippen molar-refractivity contribution >= 4 is 12.0 Å². The lowest BCUT2D eigenvalue weighted by molar-refractivity contribution is -0.248. The second-order valence-corrected chi connectivity index (χ2v) is 7.06. The fourth-order valence-corrected chi connectivity index (χ4v) is 2.74. The summed E-state index contributed by atoms with van der Waals surface area (Å²) in [5.41, 5.74) is -3.84. The number of hydrogen-bond donors (Lipinski definition) is 1. The Bertz CT molecular complexity index is 897. The summed E-state index contributed by atoms with van der Waals surface area (Å²) in [6.45, 7) is 5.50. The van der Waals surface area contributed by atoms with E-state index < -0.39 is 28.7 Å². The van der Waals surface area contributed by atoms with Gasteiger partial charge in [-0.2, -0.15) is 13.2 Å². The van der Waals surface area contributed by atoms with E-state index in [-0.39, 0.29) is 11.8 Å². The molecule has 8 heteroatoms. The number of ether oxygens (including phenoxy) is 1. The molecule has 158 valence electrons. The van der Waals surface area contributed by atoms with Crippen LogP contribution in [0, 0.1) is 12.7 Å². The lowest BCUT2D eigenvalue weighted by atomic mass is 9.84. The van der Waals surface area contributed by atoms with Crippen LogP contribution in [0.5, 0.6) is 5.75 Å². The first-order valence-corrected chi connectivity index (χ1v) is 8.92. The van der Waals surface area contributed by atoms with Gasteiger partial charge in [-0.15, -0.1) is 0 Å². The highest BCUT2D eigenvalue weighted by Gasteiger charge is 2.57. The van der Waals surface area contributed by atoms with Gasteiger partial charge in [-0.25, -0.2) is 9.38 Å². The van der Waals surface area contributed by atoms with Crippen molar-refractivity contribution in [2.75, 3.05) is 14.2 Å². The van der Waals surface area contributed by atoms with Gasteiger partial charge in [0.25, 0.3) is 0 Å². The van der Waals surface area contributed by atoms with Crippen LogP contribution in [0.3, 0.4) is 0 Å². The number of methoxy groups -OCH3 is 1. The van der Waals surface area contributed by atoms with Crippen LogP contribution in [-0.2, 0) is 5.60 Å². The molecular formula is C21H24F4N2O2. The molecule has 2 aromatic rings. The predicted molar refractivity (Wildman–Crippen MR) is 104 cm³/mol. The van der Waals surface area contributed by atoms with E-state index in [2.05, 4.69) is 4.99 Å². The summed E-state index contributed by atoms with van der Waals surface area (Å²) in [6, 6.07) is 6.47. The van der Waals surface area contributed by atoms with Crippen molar-refractivity contribution < 1.29 is 27.4 Å². The molecule has 0 fully saturated rings. The summed E-state index contributed by atoms with van der Waals surface area (Å²) < 4.78 is 60.9. The molecule has 0 amide bonds. The molecule has 0 spiro atoms. The van der Waals surface area contributed by atoms with E-state index in [0.29, 0.717) is 17.3 Å². The van der Waals surface area contributed by atoms with Crippen molar-refractivity contribution in [3.8, 4) is 5.75 Å². The van der Waals surface area contributed by atoms with E-state index in [0.717, 1.165) is 18.2 Å². The number of nitrogens with zero attached hydrogens (tertiary/aromatic N) is 2. The van der Waals surface area contributed by atoms with Crippen LogP contribution < -0.4 is 4.74 Å². The number of halogens is 4. The molecule has 29 heavy (non-hydrogen) atoms. The van der Waals surface area contributed by atoms with Gasteiger partial charge in [0.05, 0.1) is 19.1 Å². The molecule has 0 aliphatic rings. The molecule has 2 rings (SSSR count). The summed E-state index contributed by atoms with van der Waals surface area (Å²) in [7, 11) is 3.02. The first kappa shape index (κ1) is 22.7. The minimum Gasteiger partial charge on any atom is -0.496 e. The maximum absolute atomic E-state index is 14.0. The van der Waals surface area contributed by atoms with Crippen molar-refractivity contribution in [2.45, 2.75) is 38.6 Å². The van der Waals surface area contributed by atoms with Crippen molar-refractivity contribution in [2.24, 2.45) is 4.99 Å². The quantitative estimate of drug-likeness (QED) is 0.415. The second kappa shape index (κ2) is 8.41. The second-order valence-electron chi connectivity index (χ2n) is 7.06. The van der Waals surface area contributed by atoms with Crippen LogP contribution in [-0.4, -0.2) is 42.7 Å². The van der Waals surface area contributed by atoms with E-state index in [9.17, 15) is 22.7 Å². The maximum atomic E-state index is 14.0. The molecule has 0 bridgehead atoms. The predicted octanol–water partition coefficient (Wildman–Crippen LogP) is 4.94. The number of rotatable bonds is 6. The first-order valence-electron chi connectivity index (χ1n) is 8.92.